The number of halogens is 5. The number of aromatic nitrogens is 1. The van der Waals surface area contributed by atoms with Crippen molar-refractivity contribution in [3.05, 3.63) is 33.1 Å². The summed E-state index contributed by atoms with van der Waals surface area (Å²) < 4.78 is 9.24. The highest BCUT2D eigenvalue weighted by molar-refractivity contribution is 6.67. The van der Waals surface area contributed by atoms with E-state index in [2.05, 4.69) is 45.7 Å². The first-order valence-electron chi connectivity index (χ1n) is 16.7. The van der Waals surface area contributed by atoms with Crippen LogP contribution in [0.25, 0.3) is 0 Å². The largest absolute Gasteiger partial charge is 0.514 e. The summed E-state index contributed by atoms with van der Waals surface area (Å²) in [5.41, 5.74) is 1.76. The van der Waals surface area contributed by atoms with E-state index in [9.17, 15) is 9.90 Å². The van der Waals surface area contributed by atoms with Crippen LogP contribution in [-0.4, -0.2) is 22.3 Å². The standard InChI is InChI=1S/C35H48Cl5NO4/c1-19(2)7-6-8-20(3)24-11-12-25-23-10-9-21-17-22(13-15-33(21,4)26(23)14-16-34(24,25)5)44-32(43)45-30-28(36)27(18-42)41-31(29(30)37)35(38,39)40/h9,19-20,22-26,42H,6-8,10-18H2,1-5H3. The molecule has 0 radical (unpaired) electrons. The number of allylic oxidation sites excluding steroid dienone is 1. The van der Waals surface area contributed by atoms with E-state index >= 15 is 0 Å². The summed E-state index contributed by atoms with van der Waals surface area (Å²) in [7, 11) is 0. The molecule has 5 nitrogen and oxygen atoms in total. The lowest BCUT2D eigenvalue weighted by Gasteiger charge is -2.58. The van der Waals surface area contributed by atoms with E-state index in [-0.39, 0.29) is 38.7 Å². The van der Waals surface area contributed by atoms with Crippen LogP contribution in [0.5, 0.6) is 5.75 Å². The van der Waals surface area contributed by atoms with Gasteiger partial charge < -0.3 is 14.6 Å². The third kappa shape index (κ3) is 7.02. The Morgan fingerprint density at radius 1 is 1.04 bits per heavy atom. The van der Waals surface area contributed by atoms with Crippen molar-refractivity contribution in [3.8, 4) is 5.75 Å². The maximum atomic E-state index is 13.0. The topological polar surface area (TPSA) is 68.7 Å². The molecule has 1 aromatic rings. The van der Waals surface area contributed by atoms with Crippen molar-refractivity contribution in [2.45, 2.75) is 122 Å². The normalized spacial score (nSPS) is 33.6. The van der Waals surface area contributed by atoms with E-state index in [1.807, 2.05) is 0 Å². The average molecular weight is 724 g/mol. The third-order valence-corrected chi connectivity index (χ3v) is 13.5. The number of hydrogen-bond acceptors (Lipinski definition) is 5. The number of aliphatic hydroxyl groups is 1. The number of aliphatic hydroxyl groups excluding tert-OH is 1. The number of fused-ring (bicyclic) bond motifs is 5. The zero-order valence-corrected chi connectivity index (χ0v) is 30.9. The molecule has 3 saturated carbocycles. The molecule has 0 spiro atoms. The zero-order valence-electron chi connectivity index (χ0n) is 27.1. The fourth-order valence-corrected chi connectivity index (χ4v) is 11.1. The van der Waals surface area contributed by atoms with Crippen LogP contribution in [0.2, 0.25) is 10.0 Å². The summed E-state index contributed by atoms with van der Waals surface area (Å²) in [5, 5.41) is 9.32. The fraction of sp³-hybridized carbons (Fsp3) is 0.771. The van der Waals surface area contributed by atoms with Gasteiger partial charge in [-0.15, -0.1) is 0 Å². The summed E-state index contributed by atoms with van der Waals surface area (Å²) in [4.78, 5) is 17.0. The maximum Gasteiger partial charge on any atom is 0.514 e. The Bertz CT molecular complexity index is 1300. The molecule has 10 heteroatoms. The van der Waals surface area contributed by atoms with Crippen LogP contribution in [0.3, 0.4) is 0 Å². The highest BCUT2D eigenvalue weighted by Crippen LogP contribution is 2.67. The summed E-state index contributed by atoms with van der Waals surface area (Å²) in [5.74, 6) is 4.37. The van der Waals surface area contributed by atoms with Crippen LogP contribution in [0.1, 0.15) is 117 Å². The number of ether oxygens (including phenoxy) is 2. The molecule has 4 aliphatic rings. The van der Waals surface area contributed by atoms with Gasteiger partial charge in [-0.25, -0.2) is 9.78 Å². The first-order chi connectivity index (χ1) is 21.1. The van der Waals surface area contributed by atoms with Gasteiger partial charge in [-0.2, -0.15) is 0 Å². The molecule has 45 heavy (non-hydrogen) atoms. The third-order valence-electron chi connectivity index (χ3n) is 12.2. The van der Waals surface area contributed by atoms with E-state index < -0.39 is 16.6 Å². The van der Waals surface area contributed by atoms with Gasteiger partial charge in [-0.05, 0) is 91.3 Å². The molecule has 0 saturated heterocycles. The van der Waals surface area contributed by atoms with Crippen molar-refractivity contribution in [2.24, 2.45) is 46.3 Å². The van der Waals surface area contributed by atoms with Gasteiger partial charge in [-0.3, -0.25) is 0 Å². The first kappa shape index (κ1) is 35.9. The van der Waals surface area contributed by atoms with Gasteiger partial charge >= 0.3 is 6.16 Å². The molecular weight excluding hydrogens is 676 g/mol. The molecule has 252 valence electrons. The molecular formula is C35H48Cl5NO4. The molecule has 8 atom stereocenters. The molecule has 0 amide bonds. The summed E-state index contributed by atoms with van der Waals surface area (Å²) in [6.45, 7) is 11.7. The van der Waals surface area contributed by atoms with Crippen LogP contribution in [-0.2, 0) is 15.1 Å². The quantitative estimate of drug-likeness (QED) is 0.164. The van der Waals surface area contributed by atoms with Crippen molar-refractivity contribution in [2.75, 3.05) is 0 Å². The Labute approximate surface area is 294 Å². The van der Waals surface area contributed by atoms with Crippen LogP contribution in [0, 0.1) is 46.3 Å². The molecule has 1 aromatic heterocycles. The average Bonchev–Trinajstić information content (AvgIpc) is 3.32. The van der Waals surface area contributed by atoms with Gasteiger partial charge in [0.25, 0.3) is 0 Å². The second-order valence-corrected chi connectivity index (χ2v) is 18.2. The molecule has 0 aliphatic heterocycles. The Morgan fingerprint density at radius 2 is 1.78 bits per heavy atom. The van der Waals surface area contributed by atoms with Crippen LogP contribution >= 0.6 is 58.0 Å². The highest BCUT2D eigenvalue weighted by atomic mass is 35.6. The smallest absolute Gasteiger partial charge is 0.430 e. The Balaban J connectivity index is 1.25. The number of hydrogen-bond donors (Lipinski definition) is 1. The minimum Gasteiger partial charge on any atom is -0.430 e. The van der Waals surface area contributed by atoms with Crippen molar-refractivity contribution in [1.29, 1.82) is 0 Å². The monoisotopic (exact) mass is 721 g/mol. The summed E-state index contributed by atoms with van der Waals surface area (Å²) in [6, 6.07) is 0. The number of carbonyl (C=O) groups is 1. The van der Waals surface area contributed by atoms with Gasteiger partial charge in [0.1, 0.15) is 21.8 Å². The van der Waals surface area contributed by atoms with E-state index in [0.717, 1.165) is 48.9 Å². The summed E-state index contributed by atoms with van der Waals surface area (Å²) >= 11 is 30.7. The number of alkyl halides is 3. The van der Waals surface area contributed by atoms with Gasteiger partial charge in [0.2, 0.25) is 3.79 Å². The molecule has 0 aromatic carbocycles. The molecule has 3 fully saturated rings. The van der Waals surface area contributed by atoms with Crippen LogP contribution in [0.4, 0.5) is 4.79 Å². The van der Waals surface area contributed by atoms with Crippen molar-refractivity contribution >= 4 is 64.2 Å². The van der Waals surface area contributed by atoms with Crippen LogP contribution < -0.4 is 4.74 Å². The van der Waals surface area contributed by atoms with E-state index in [0.29, 0.717) is 17.8 Å². The fourth-order valence-electron chi connectivity index (χ4n) is 9.95. The van der Waals surface area contributed by atoms with Gasteiger partial charge in [0.05, 0.1) is 12.3 Å². The molecule has 1 heterocycles. The Morgan fingerprint density at radius 3 is 2.44 bits per heavy atom. The highest BCUT2D eigenvalue weighted by Gasteiger charge is 2.59. The lowest BCUT2D eigenvalue weighted by Crippen LogP contribution is -2.51. The lowest BCUT2D eigenvalue weighted by atomic mass is 9.47. The maximum absolute atomic E-state index is 13.0. The number of pyridine rings is 1. The lowest BCUT2D eigenvalue weighted by molar-refractivity contribution is -0.0597. The molecule has 1 N–H and O–H groups in total. The molecule has 8 unspecified atom stereocenters. The van der Waals surface area contributed by atoms with Crippen molar-refractivity contribution in [1.82, 2.24) is 4.98 Å². The van der Waals surface area contributed by atoms with E-state index in [4.69, 9.17) is 67.5 Å². The minimum atomic E-state index is -2.02. The van der Waals surface area contributed by atoms with Crippen molar-refractivity contribution in [3.63, 3.8) is 0 Å². The van der Waals surface area contributed by atoms with Crippen molar-refractivity contribution < 1.29 is 19.4 Å². The summed E-state index contributed by atoms with van der Waals surface area (Å²) in [6.07, 6.45) is 14.1. The number of carbonyl (C=O) groups excluding carboxylic acids is 1. The minimum absolute atomic E-state index is 0.0294. The molecule has 5 rings (SSSR count). The molecule has 0 bridgehead atoms. The zero-order chi connectivity index (χ0) is 32.9. The second-order valence-electron chi connectivity index (χ2n) is 15.1. The van der Waals surface area contributed by atoms with Crippen LogP contribution in [0.15, 0.2) is 11.6 Å². The second kappa shape index (κ2) is 13.8. The first-order valence-corrected chi connectivity index (χ1v) is 18.6. The SMILES string of the molecule is CC(C)CCCC(C)C1CCC2C3CC=C4CC(OC(=O)Oc5c(Cl)c(CO)nc(C(Cl)(Cl)Cl)c5Cl)CCC4(C)C3CCC12C. The van der Waals surface area contributed by atoms with E-state index in [1.165, 1.54) is 50.5 Å². The molecule has 4 aliphatic carbocycles. The van der Waals surface area contributed by atoms with Gasteiger partial charge in [-0.1, -0.05) is 124 Å². The number of rotatable bonds is 8. The van der Waals surface area contributed by atoms with Gasteiger partial charge in [0, 0.05) is 6.42 Å². The predicted molar refractivity (Wildman–Crippen MR) is 183 cm³/mol. The Kier molecular flexibility index (Phi) is 11.0. The van der Waals surface area contributed by atoms with Gasteiger partial charge in [0.15, 0.2) is 5.75 Å². The Hall–Kier alpha value is -0.430. The number of nitrogens with zero attached hydrogens (tertiary/aromatic N) is 1. The predicted octanol–water partition coefficient (Wildman–Crippen LogP) is 11.6. The van der Waals surface area contributed by atoms with E-state index in [1.54, 1.807) is 0 Å².